The smallest absolute Gasteiger partial charge is 0.417 e. The zero-order valence-electron chi connectivity index (χ0n) is 14.2. The van der Waals surface area contributed by atoms with Crippen molar-refractivity contribution >= 4 is 12.0 Å². The molecular weight excluding hydrogens is 337 g/mol. The van der Waals surface area contributed by atoms with Gasteiger partial charge in [0.25, 0.3) is 5.91 Å². The number of benzene rings is 1. The van der Waals surface area contributed by atoms with Crippen molar-refractivity contribution in [2.45, 2.75) is 38.6 Å². The standard InChI is InChI=1S/C17H19F3N2O3/c1-16(2,3)25-15(24)21-7-8-22-12(9-21)10-5-4-6-11(17(18,19)20)13(10)14(22)23/h4-6,12H,7-9H2,1-3H3. The van der Waals surface area contributed by atoms with Gasteiger partial charge in [-0.25, -0.2) is 4.79 Å². The third kappa shape index (κ3) is 3.17. The van der Waals surface area contributed by atoms with Crippen molar-refractivity contribution < 1.29 is 27.5 Å². The minimum Gasteiger partial charge on any atom is -0.444 e. The second-order valence-electron chi connectivity index (χ2n) is 7.21. The molecule has 1 aromatic rings. The van der Waals surface area contributed by atoms with Crippen LogP contribution in [0.1, 0.15) is 48.3 Å². The summed E-state index contributed by atoms with van der Waals surface area (Å²) in [5, 5.41) is 0. The summed E-state index contributed by atoms with van der Waals surface area (Å²) in [7, 11) is 0. The van der Waals surface area contributed by atoms with Crippen LogP contribution in [0.15, 0.2) is 18.2 Å². The zero-order chi connectivity index (χ0) is 18.6. The third-order valence-electron chi connectivity index (χ3n) is 4.27. The number of ether oxygens (including phenoxy) is 1. The topological polar surface area (TPSA) is 49.9 Å². The van der Waals surface area contributed by atoms with Crippen LogP contribution in [0.2, 0.25) is 0 Å². The molecule has 136 valence electrons. The SMILES string of the molecule is CC(C)(C)OC(=O)N1CCN2C(=O)c3c(cccc3C(F)(F)F)C2C1. The lowest BCUT2D eigenvalue weighted by atomic mass is 9.98. The molecule has 0 radical (unpaired) electrons. The molecule has 3 rings (SSSR count). The number of halogens is 3. The van der Waals surface area contributed by atoms with E-state index in [9.17, 15) is 22.8 Å². The highest BCUT2D eigenvalue weighted by molar-refractivity contribution is 6.01. The molecule has 2 aliphatic heterocycles. The van der Waals surface area contributed by atoms with E-state index in [1.54, 1.807) is 20.8 Å². The van der Waals surface area contributed by atoms with Crippen LogP contribution in [-0.4, -0.2) is 47.0 Å². The van der Waals surface area contributed by atoms with E-state index >= 15 is 0 Å². The first-order chi connectivity index (χ1) is 11.5. The van der Waals surface area contributed by atoms with E-state index in [2.05, 4.69) is 0 Å². The highest BCUT2D eigenvalue weighted by Crippen LogP contribution is 2.42. The third-order valence-corrected chi connectivity index (χ3v) is 4.27. The Bertz CT molecular complexity index is 725. The summed E-state index contributed by atoms with van der Waals surface area (Å²) in [5.41, 5.74) is -1.58. The average Bonchev–Trinajstić information content (AvgIpc) is 2.77. The number of rotatable bonds is 0. The highest BCUT2D eigenvalue weighted by atomic mass is 19.4. The summed E-state index contributed by atoms with van der Waals surface area (Å²) in [6, 6.07) is 3.16. The fourth-order valence-electron chi connectivity index (χ4n) is 3.25. The van der Waals surface area contributed by atoms with Gasteiger partial charge in [-0.2, -0.15) is 13.2 Å². The number of alkyl halides is 3. The Morgan fingerprint density at radius 3 is 2.48 bits per heavy atom. The molecule has 1 fully saturated rings. The van der Waals surface area contributed by atoms with Gasteiger partial charge < -0.3 is 14.5 Å². The van der Waals surface area contributed by atoms with Crippen LogP contribution in [0, 0.1) is 0 Å². The maximum Gasteiger partial charge on any atom is 0.417 e. The molecule has 2 aliphatic rings. The summed E-state index contributed by atoms with van der Waals surface area (Å²) in [6.45, 7) is 5.75. The number of fused-ring (bicyclic) bond motifs is 3. The van der Waals surface area contributed by atoms with Gasteiger partial charge in [0.05, 0.1) is 17.2 Å². The predicted molar refractivity (Wildman–Crippen MR) is 83.0 cm³/mol. The lowest BCUT2D eigenvalue weighted by Gasteiger charge is -2.38. The van der Waals surface area contributed by atoms with Crippen molar-refractivity contribution in [2.24, 2.45) is 0 Å². The Morgan fingerprint density at radius 1 is 1.20 bits per heavy atom. The first-order valence-corrected chi connectivity index (χ1v) is 7.98. The molecule has 0 N–H and O–H groups in total. The van der Waals surface area contributed by atoms with E-state index in [-0.39, 0.29) is 25.2 Å². The second kappa shape index (κ2) is 5.64. The fraction of sp³-hybridized carbons (Fsp3) is 0.529. The minimum atomic E-state index is -4.60. The van der Waals surface area contributed by atoms with Crippen molar-refractivity contribution in [3.05, 3.63) is 34.9 Å². The van der Waals surface area contributed by atoms with Crippen molar-refractivity contribution in [1.29, 1.82) is 0 Å². The number of hydrogen-bond acceptors (Lipinski definition) is 3. The molecule has 5 nitrogen and oxygen atoms in total. The molecule has 25 heavy (non-hydrogen) atoms. The van der Waals surface area contributed by atoms with Crippen molar-refractivity contribution in [3.63, 3.8) is 0 Å². The van der Waals surface area contributed by atoms with Crippen molar-refractivity contribution in [2.75, 3.05) is 19.6 Å². The summed E-state index contributed by atoms with van der Waals surface area (Å²) in [5.74, 6) is -0.628. The van der Waals surface area contributed by atoms with Crippen LogP contribution < -0.4 is 0 Å². The van der Waals surface area contributed by atoms with E-state index in [1.807, 2.05) is 0 Å². The molecule has 0 bridgehead atoms. The number of hydrogen-bond donors (Lipinski definition) is 0. The summed E-state index contributed by atoms with van der Waals surface area (Å²) in [6.07, 6.45) is -5.12. The number of carbonyl (C=O) groups excluding carboxylic acids is 2. The second-order valence-corrected chi connectivity index (χ2v) is 7.21. The van der Waals surface area contributed by atoms with Gasteiger partial charge in [0.2, 0.25) is 0 Å². The summed E-state index contributed by atoms with van der Waals surface area (Å²) < 4.78 is 45.0. The van der Waals surface area contributed by atoms with Crippen LogP contribution in [0.5, 0.6) is 0 Å². The van der Waals surface area contributed by atoms with Gasteiger partial charge in [0.15, 0.2) is 0 Å². The molecule has 0 aromatic heterocycles. The Hall–Kier alpha value is -2.25. The largest absolute Gasteiger partial charge is 0.444 e. The molecule has 2 heterocycles. The maximum atomic E-state index is 13.2. The van der Waals surface area contributed by atoms with Crippen molar-refractivity contribution in [1.82, 2.24) is 9.80 Å². The molecule has 1 saturated heterocycles. The van der Waals surface area contributed by atoms with Gasteiger partial charge in [-0.05, 0) is 32.4 Å². The van der Waals surface area contributed by atoms with Crippen LogP contribution >= 0.6 is 0 Å². The van der Waals surface area contributed by atoms with Gasteiger partial charge in [-0.3, -0.25) is 4.79 Å². The Morgan fingerprint density at radius 2 is 1.88 bits per heavy atom. The maximum absolute atomic E-state index is 13.2. The minimum absolute atomic E-state index is 0.120. The fourth-order valence-corrected chi connectivity index (χ4v) is 3.25. The molecule has 8 heteroatoms. The van der Waals surface area contributed by atoms with Crippen molar-refractivity contribution in [3.8, 4) is 0 Å². The Balaban J connectivity index is 1.91. The molecule has 1 aromatic carbocycles. The highest BCUT2D eigenvalue weighted by Gasteiger charge is 2.47. The lowest BCUT2D eigenvalue weighted by molar-refractivity contribution is -0.137. The first-order valence-electron chi connectivity index (χ1n) is 7.98. The van der Waals surface area contributed by atoms with E-state index in [4.69, 9.17) is 4.74 Å². The molecule has 1 atom stereocenters. The molecule has 2 amide bonds. The predicted octanol–water partition coefficient (Wildman–Crippen LogP) is 3.45. The van der Waals surface area contributed by atoms with Crippen LogP contribution in [0.25, 0.3) is 0 Å². The molecule has 0 aliphatic carbocycles. The van der Waals surface area contributed by atoms with Crippen LogP contribution in [-0.2, 0) is 10.9 Å². The molecule has 1 unspecified atom stereocenters. The van der Waals surface area contributed by atoms with Crippen LogP contribution in [0.3, 0.4) is 0 Å². The van der Waals surface area contributed by atoms with Crippen LogP contribution in [0.4, 0.5) is 18.0 Å². The van der Waals surface area contributed by atoms with Gasteiger partial charge in [0.1, 0.15) is 5.60 Å². The molecule has 0 spiro atoms. The summed E-state index contributed by atoms with van der Waals surface area (Å²) in [4.78, 5) is 27.6. The van der Waals surface area contributed by atoms with E-state index in [1.165, 1.54) is 21.9 Å². The molecule has 0 saturated carbocycles. The quantitative estimate of drug-likeness (QED) is 0.715. The van der Waals surface area contributed by atoms with Gasteiger partial charge in [-0.1, -0.05) is 12.1 Å². The van der Waals surface area contributed by atoms with E-state index < -0.39 is 35.4 Å². The van der Waals surface area contributed by atoms with E-state index in [0.29, 0.717) is 5.56 Å². The monoisotopic (exact) mass is 356 g/mol. The van der Waals surface area contributed by atoms with Gasteiger partial charge in [-0.15, -0.1) is 0 Å². The number of nitrogens with zero attached hydrogens (tertiary/aromatic N) is 2. The Kier molecular flexibility index (Phi) is 3.96. The lowest BCUT2D eigenvalue weighted by Crippen LogP contribution is -2.50. The normalized spacial score (nSPS) is 20.4. The zero-order valence-corrected chi connectivity index (χ0v) is 14.2. The first kappa shape index (κ1) is 17.6. The summed E-state index contributed by atoms with van der Waals surface area (Å²) >= 11 is 0. The average molecular weight is 356 g/mol. The number of carbonyl (C=O) groups is 2. The van der Waals surface area contributed by atoms with Gasteiger partial charge >= 0.3 is 12.3 Å². The molecular formula is C17H19F3N2O3. The number of piperazine rings is 1. The van der Waals surface area contributed by atoms with Gasteiger partial charge in [0, 0.05) is 19.6 Å². The number of amides is 2. The van der Waals surface area contributed by atoms with E-state index in [0.717, 1.165) is 6.07 Å². The Labute approximate surface area is 143 Å².